The summed E-state index contributed by atoms with van der Waals surface area (Å²) in [6, 6.07) is 22.4. The summed E-state index contributed by atoms with van der Waals surface area (Å²) >= 11 is 0. The molecule has 0 N–H and O–H groups in total. The molecule has 1 heterocycles. The largest absolute Gasteiger partial charge is 0.331 e. The zero-order valence-corrected chi connectivity index (χ0v) is 17.2. The highest BCUT2D eigenvalue weighted by atomic mass is 32.2. The Bertz CT molecular complexity index is 1440. The first-order valence-electron chi connectivity index (χ1n) is 9.41. The van der Waals surface area contributed by atoms with E-state index in [-0.39, 0.29) is 22.6 Å². The van der Waals surface area contributed by atoms with Crippen LogP contribution in [0.4, 0.5) is 0 Å². The lowest BCUT2D eigenvalue weighted by Crippen LogP contribution is -2.39. The molecule has 0 aliphatic heterocycles. The van der Waals surface area contributed by atoms with Crippen LogP contribution in [0.15, 0.2) is 93.3 Å². The molecule has 0 atom stereocenters. The Kier molecular flexibility index (Phi) is 5.13. The summed E-state index contributed by atoms with van der Waals surface area (Å²) in [5.74, 6) is -0.163. The first-order chi connectivity index (χ1) is 14.4. The van der Waals surface area contributed by atoms with Crippen LogP contribution in [0, 0.1) is 0 Å². The lowest BCUT2D eigenvalue weighted by Gasteiger charge is -2.12. The zero-order chi connectivity index (χ0) is 21.3. The van der Waals surface area contributed by atoms with Crippen LogP contribution in [-0.4, -0.2) is 17.6 Å². The van der Waals surface area contributed by atoms with Gasteiger partial charge in [0.2, 0.25) is 0 Å². The van der Waals surface area contributed by atoms with Crippen LogP contribution in [0.5, 0.6) is 0 Å². The van der Waals surface area contributed by atoms with Crippen LogP contribution < -0.4 is 11.2 Å². The van der Waals surface area contributed by atoms with Gasteiger partial charge >= 0.3 is 5.69 Å². The third kappa shape index (κ3) is 3.71. The maximum Gasteiger partial charge on any atom is 0.331 e. The van der Waals surface area contributed by atoms with E-state index in [1.165, 1.54) is 22.8 Å². The van der Waals surface area contributed by atoms with Crippen LogP contribution in [-0.2, 0) is 29.2 Å². The van der Waals surface area contributed by atoms with Gasteiger partial charge in [0, 0.05) is 7.05 Å². The Morgan fingerprint density at radius 3 is 2.03 bits per heavy atom. The lowest BCUT2D eigenvalue weighted by molar-refractivity contribution is 0.595. The molecule has 4 rings (SSSR count). The summed E-state index contributed by atoms with van der Waals surface area (Å²) in [6.45, 7) is 0.114. The highest BCUT2D eigenvalue weighted by Gasteiger charge is 2.19. The fourth-order valence-electron chi connectivity index (χ4n) is 3.47. The molecule has 0 saturated heterocycles. The fraction of sp³-hybridized carbons (Fsp3) is 0.130. The fourth-order valence-corrected chi connectivity index (χ4v) is 4.84. The second-order valence-corrected chi connectivity index (χ2v) is 9.13. The van der Waals surface area contributed by atoms with Gasteiger partial charge in [0.25, 0.3) is 5.56 Å². The molecule has 30 heavy (non-hydrogen) atoms. The number of aryl methyl sites for hydroxylation is 1. The summed E-state index contributed by atoms with van der Waals surface area (Å²) in [6.07, 6.45) is 0. The van der Waals surface area contributed by atoms with Crippen LogP contribution >= 0.6 is 0 Å². The maximum absolute atomic E-state index is 13.1. The van der Waals surface area contributed by atoms with Crippen LogP contribution in [0.3, 0.4) is 0 Å². The van der Waals surface area contributed by atoms with Crippen molar-refractivity contribution in [3.05, 3.63) is 111 Å². The number of aromatic nitrogens is 2. The molecule has 1 aromatic heterocycles. The van der Waals surface area contributed by atoms with E-state index in [0.29, 0.717) is 11.1 Å². The van der Waals surface area contributed by atoms with Gasteiger partial charge in [0.1, 0.15) is 0 Å². The highest BCUT2D eigenvalue weighted by molar-refractivity contribution is 7.90. The Morgan fingerprint density at radius 1 is 0.800 bits per heavy atom. The van der Waals surface area contributed by atoms with Crippen molar-refractivity contribution in [1.82, 2.24) is 9.13 Å². The van der Waals surface area contributed by atoms with Crippen molar-refractivity contribution in [2.45, 2.75) is 17.2 Å². The van der Waals surface area contributed by atoms with Crippen molar-refractivity contribution in [3.8, 4) is 0 Å². The molecule has 0 bridgehead atoms. The number of benzene rings is 3. The van der Waals surface area contributed by atoms with Gasteiger partial charge in [-0.25, -0.2) is 13.2 Å². The predicted octanol–water partition coefficient (Wildman–Crippen LogP) is 2.72. The molecule has 7 heteroatoms. The molecule has 0 aliphatic rings. The van der Waals surface area contributed by atoms with Gasteiger partial charge in [0.05, 0.1) is 28.1 Å². The van der Waals surface area contributed by atoms with Crippen molar-refractivity contribution in [2.24, 2.45) is 7.05 Å². The van der Waals surface area contributed by atoms with E-state index in [1.54, 1.807) is 31.3 Å². The number of rotatable bonds is 5. The number of hydrogen-bond donors (Lipinski definition) is 0. The molecule has 0 saturated carbocycles. The van der Waals surface area contributed by atoms with E-state index in [4.69, 9.17) is 0 Å². The summed E-state index contributed by atoms with van der Waals surface area (Å²) in [7, 11) is -2.08. The number of sulfone groups is 1. The Labute approximate surface area is 173 Å². The van der Waals surface area contributed by atoms with Crippen LogP contribution in [0.2, 0.25) is 0 Å². The molecule has 0 spiro atoms. The van der Waals surface area contributed by atoms with Crippen molar-refractivity contribution < 1.29 is 8.42 Å². The Hall–Kier alpha value is -3.45. The molecule has 0 unspecified atom stereocenters. The van der Waals surface area contributed by atoms with E-state index >= 15 is 0 Å². The number of nitrogens with zero attached hydrogens (tertiary/aromatic N) is 2. The molecule has 3 aromatic carbocycles. The van der Waals surface area contributed by atoms with Gasteiger partial charge in [-0.15, -0.1) is 0 Å². The van der Waals surface area contributed by atoms with Crippen molar-refractivity contribution in [1.29, 1.82) is 0 Å². The first-order valence-corrected chi connectivity index (χ1v) is 11.1. The van der Waals surface area contributed by atoms with Gasteiger partial charge < -0.3 is 0 Å². The summed E-state index contributed by atoms with van der Waals surface area (Å²) < 4.78 is 28.3. The molecule has 0 fully saturated rings. The van der Waals surface area contributed by atoms with E-state index in [0.717, 1.165) is 10.1 Å². The molecule has 0 aliphatic carbocycles. The lowest BCUT2D eigenvalue weighted by atomic mass is 10.2. The second-order valence-electron chi connectivity index (χ2n) is 7.14. The molecule has 0 amide bonds. The van der Waals surface area contributed by atoms with Gasteiger partial charge in [-0.3, -0.25) is 13.9 Å². The molecule has 6 nitrogen and oxygen atoms in total. The molecule has 4 aromatic rings. The monoisotopic (exact) mass is 420 g/mol. The number of fused-ring (bicyclic) bond motifs is 1. The Morgan fingerprint density at radius 2 is 1.40 bits per heavy atom. The average Bonchev–Trinajstić information content (AvgIpc) is 2.76. The van der Waals surface area contributed by atoms with Gasteiger partial charge in [-0.05, 0) is 29.3 Å². The Balaban J connectivity index is 1.84. The first kappa shape index (κ1) is 19.8. The third-order valence-electron chi connectivity index (χ3n) is 5.06. The normalized spacial score (nSPS) is 11.6. The SMILES string of the molecule is Cn1c(=O)n(Cc2ccccc2)c(=O)c2cc(S(=O)(=O)Cc3ccccc3)ccc21. The quantitative estimate of drug-likeness (QED) is 0.497. The minimum atomic E-state index is -3.65. The topological polar surface area (TPSA) is 78.1 Å². The van der Waals surface area contributed by atoms with Crippen molar-refractivity contribution in [3.63, 3.8) is 0 Å². The molecular weight excluding hydrogens is 400 g/mol. The van der Waals surface area contributed by atoms with Gasteiger partial charge in [-0.2, -0.15) is 0 Å². The summed E-state index contributed by atoms with van der Waals surface area (Å²) in [5, 5.41) is 0.196. The van der Waals surface area contributed by atoms with Crippen molar-refractivity contribution in [2.75, 3.05) is 0 Å². The van der Waals surface area contributed by atoms with Gasteiger partial charge in [-0.1, -0.05) is 60.7 Å². The predicted molar refractivity (Wildman–Crippen MR) is 116 cm³/mol. The molecular formula is C23H20N2O4S. The minimum Gasteiger partial charge on any atom is -0.296 e. The minimum absolute atomic E-state index is 0.0564. The van der Waals surface area contributed by atoms with Gasteiger partial charge in [0.15, 0.2) is 9.84 Å². The standard InChI is InChI=1S/C23H20N2O4S/c1-24-21-13-12-19(30(28,29)16-18-10-6-3-7-11-18)14-20(21)22(26)25(23(24)27)15-17-8-4-2-5-9-17/h2-14H,15-16H2,1H3. The summed E-state index contributed by atoms with van der Waals surface area (Å²) in [4.78, 5) is 25.9. The summed E-state index contributed by atoms with van der Waals surface area (Å²) in [5.41, 5.74) is 0.918. The van der Waals surface area contributed by atoms with Crippen molar-refractivity contribution >= 4 is 20.7 Å². The van der Waals surface area contributed by atoms with E-state index in [2.05, 4.69) is 0 Å². The van der Waals surface area contributed by atoms with Crippen LogP contribution in [0.1, 0.15) is 11.1 Å². The maximum atomic E-state index is 13.1. The smallest absolute Gasteiger partial charge is 0.296 e. The molecule has 0 radical (unpaired) electrons. The second kappa shape index (κ2) is 7.76. The van der Waals surface area contributed by atoms with Crippen LogP contribution in [0.25, 0.3) is 10.9 Å². The molecule has 152 valence electrons. The highest BCUT2D eigenvalue weighted by Crippen LogP contribution is 2.20. The van der Waals surface area contributed by atoms with E-state index in [9.17, 15) is 18.0 Å². The third-order valence-corrected chi connectivity index (χ3v) is 6.75. The average molecular weight is 420 g/mol. The zero-order valence-electron chi connectivity index (χ0n) is 16.4. The number of hydrogen-bond acceptors (Lipinski definition) is 4. The van der Waals surface area contributed by atoms with E-state index < -0.39 is 21.1 Å². The van der Waals surface area contributed by atoms with E-state index in [1.807, 2.05) is 36.4 Å².